The number of carbonyl (C=O) groups is 1. The highest BCUT2D eigenvalue weighted by Gasteiger charge is 2.16. The molecule has 1 aliphatic rings. The van der Waals surface area contributed by atoms with Crippen LogP contribution in [-0.4, -0.2) is 11.9 Å². The van der Waals surface area contributed by atoms with Gasteiger partial charge in [0.25, 0.3) is 5.91 Å². The summed E-state index contributed by atoms with van der Waals surface area (Å²) < 4.78 is 5.25. The lowest BCUT2D eigenvalue weighted by atomic mass is 10.2. The minimum absolute atomic E-state index is 0.164. The minimum Gasteiger partial charge on any atom is -0.455 e. The molecule has 1 amide bonds. The van der Waals surface area contributed by atoms with Crippen LogP contribution in [0.1, 0.15) is 29.2 Å². The van der Waals surface area contributed by atoms with Gasteiger partial charge in [-0.15, -0.1) is 0 Å². The number of hydrogen-bond acceptors (Lipinski definition) is 3. The van der Waals surface area contributed by atoms with Crippen LogP contribution in [0.3, 0.4) is 0 Å². The van der Waals surface area contributed by atoms with Crippen LogP contribution in [0.4, 0.5) is 0 Å². The highest BCUT2D eigenvalue weighted by atomic mass is 16.4. The molecular weight excluding hydrogens is 192 g/mol. The molecule has 0 unspecified atom stereocenters. The fourth-order valence-corrected chi connectivity index (χ4v) is 1.60. The van der Waals surface area contributed by atoms with E-state index < -0.39 is 0 Å². The maximum absolute atomic E-state index is 11.7. The van der Waals surface area contributed by atoms with Crippen LogP contribution < -0.4 is 11.1 Å². The predicted octanol–water partition coefficient (Wildman–Crippen LogP) is 1.19. The first-order valence-corrected chi connectivity index (χ1v) is 5.04. The summed E-state index contributed by atoms with van der Waals surface area (Å²) in [6, 6.07) is 3.59. The Hall–Kier alpha value is -1.55. The van der Waals surface area contributed by atoms with E-state index in [0.29, 0.717) is 18.1 Å². The van der Waals surface area contributed by atoms with Gasteiger partial charge in [0.05, 0.1) is 6.54 Å². The van der Waals surface area contributed by atoms with Crippen LogP contribution in [0.5, 0.6) is 0 Å². The lowest BCUT2D eigenvalue weighted by Gasteiger charge is -2.09. The molecule has 0 fully saturated rings. The first kappa shape index (κ1) is 9.98. The molecule has 0 aromatic carbocycles. The summed E-state index contributed by atoms with van der Waals surface area (Å²) in [6.07, 6.45) is 5.93. The van der Waals surface area contributed by atoms with Crippen LogP contribution in [0.2, 0.25) is 0 Å². The second kappa shape index (κ2) is 4.31. The van der Waals surface area contributed by atoms with Crippen LogP contribution in [-0.2, 0) is 6.54 Å². The Morgan fingerprint density at radius 3 is 2.80 bits per heavy atom. The second-order valence-electron chi connectivity index (χ2n) is 3.58. The van der Waals surface area contributed by atoms with Crippen molar-refractivity contribution < 1.29 is 9.21 Å². The highest BCUT2D eigenvalue weighted by Crippen LogP contribution is 2.12. The highest BCUT2D eigenvalue weighted by molar-refractivity contribution is 5.91. The second-order valence-corrected chi connectivity index (χ2v) is 3.58. The van der Waals surface area contributed by atoms with Crippen molar-refractivity contribution in [2.45, 2.75) is 25.4 Å². The van der Waals surface area contributed by atoms with Gasteiger partial charge < -0.3 is 15.5 Å². The maximum Gasteiger partial charge on any atom is 0.287 e. The van der Waals surface area contributed by atoms with Crippen molar-refractivity contribution in [1.29, 1.82) is 0 Å². The Labute approximate surface area is 88.1 Å². The molecule has 4 heteroatoms. The topological polar surface area (TPSA) is 68.3 Å². The van der Waals surface area contributed by atoms with Gasteiger partial charge in [0.2, 0.25) is 0 Å². The van der Waals surface area contributed by atoms with Crippen LogP contribution in [0, 0.1) is 0 Å². The molecule has 0 aliphatic heterocycles. The van der Waals surface area contributed by atoms with Gasteiger partial charge in [0.15, 0.2) is 5.76 Å². The average Bonchev–Trinajstić information content (AvgIpc) is 2.86. The Morgan fingerprint density at radius 1 is 1.47 bits per heavy atom. The monoisotopic (exact) mass is 206 g/mol. The summed E-state index contributed by atoms with van der Waals surface area (Å²) in [5.74, 6) is 0.801. The van der Waals surface area contributed by atoms with Gasteiger partial charge >= 0.3 is 0 Å². The van der Waals surface area contributed by atoms with Gasteiger partial charge in [0, 0.05) is 6.04 Å². The van der Waals surface area contributed by atoms with E-state index in [-0.39, 0.29) is 11.9 Å². The first-order valence-electron chi connectivity index (χ1n) is 5.04. The number of hydrogen-bond donors (Lipinski definition) is 2. The van der Waals surface area contributed by atoms with Gasteiger partial charge in [-0.1, -0.05) is 12.2 Å². The Balaban J connectivity index is 1.95. The van der Waals surface area contributed by atoms with Gasteiger partial charge in [-0.05, 0) is 25.0 Å². The number of nitrogens with one attached hydrogen (secondary N) is 1. The van der Waals surface area contributed by atoms with Crippen molar-refractivity contribution in [2.75, 3.05) is 0 Å². The van der Waals surface area contributed by atoms with E-state index in [2.05, 4.69) is 17.5 Å². The van der Waals surface area contributed by atoms with Crippen molar-refractivity contribution in [3.8, 4) is 0 Å². The van der Waals surface area contributed by atoms with E-state index in [1.807, 2.05) is 0 Å². The molecule has 2 rings (SSSR count). The molecule has 4 nitrogen and oxygen atoms in total. The molecule has 1 aromatic rings. The quantitative estimate of drug-likeness (QED) is 0.730. The molecule has 0 saturated heterocycles. The number of amides is 1. The van der Waals surface area contributed by atoms with Crippen molar-refractivity contribution in [2.24, 2.45) is 5.73 Å². The summed E-state index contributed by atoms with van der Waals surface area (Å²) in [5.41, 5.74) is 5.39. The number of carbonyl (C=O) groups excluding carboxylic acids is 1. The average molecular weight is 206 g/mol. The summed E-state index contributed by atoms with van der Waals surface area (Å²) >= 11 is 0. The normalized spacial score (nSPS) is 15.8. The van der Waals surface area contributed by atoms with Crippen LogP contribution in [0.25, 0.3) is 0 Å². The fourth-order valence-electron chi connectivity index (χ4n) is 1.60. The molecule has 1 heterocycles. The molecule has 0 radical (unpaired) electrons. The summed E-state index contributed by atoms with van der Waals surface area (Å²) in [4.78, 5) is 11.7. The third-order valence-electron chi connectivity index (χ3n) is 2.43. The zero-order valence-corrected chi connectivity index (χ0v) is 8.40. The summed E-state index contributed by atoms with van der Waals surface area (Å²) in [5, 5.41) is 2.90. The standard InChI is InChI=1S/C11H14N2O2/c12-7-9-5-6-10(15-9)11(14)13-8-3-1-2-4-8/h1-2,5-6,8H,3-4,7,12H2,(H,13,14). The fraction of sp³-hybridized carbons (Fsp3) is 0.364. The van der Waals surface area contributed by atoms with E-state index in [1.54, 1.807) is 12.1 Å². The number of furan rings is 1. The van der Waals surface area contributed by atoms with Crippen molar-refractivity contribution >= 4 is 5.91 Å². The summed E-state index contributed by atoms with van der Waals surface area (Å²) in [6.45, 7) is 0.318. The van der Waals surface area contributed by atoms with E-state index in [0.717, 1.165) is 12.8 Å². The Kier molecular flexibility index (Phi) is 2.87. The smallest absolute Gasteiger partial charge is 0.287 e. The SMILES string of the molecule is NCc1ccc(C(=O)NC2CC=CC2)o1. The van der Waals surface area contributed by atoms with Crippen LogP contribution >= 0.6 is 0 Å². The van der Waals surface area contributed by atoms with E-state index >= 15 is 0 Å². The zero-order chi connectivity index (χ0) is 10.7. The molecule has 3 N–H and O–H groups in total. The van der Waals surface area contributed by atoms with Gasteiger partial charge in [-0.25, -0.2) is 0 Å². The van der Waals surface area contributed by atoms with Gasteiger partial charge in [-0.3, -0.25) is 4.79 Å². The maximum atomic E-state index is 11.7. The first-order chi connectivity index (χ1) is 7.29. The van der Waals surface area contributed by atoms with Crippen molar-refractivity contribution in [1.82, 2.24) is 5.32 Å². The molecule has 0 saturated carbocycles. The molecule has 1 aliphatic carbocycles. The molecule has 15 heavy (non-hydrogen) atoms. The molecule has 0 atom stereocenters. The van der Waals surface area contributed by atoms with Crippen LogP contribution in [0.15, 0.2) is 28.7 Å². The molecular formula is C11H14N2O2. The number of nitrogens with two attached hydrogens (primary N) is 1. The van der Waals surface area contributed by atoms with E-state index in [9.17, 15) is 4.79 Å². The van der Waals surface area contributed by atoms with Gasteiger partial charge in [0.1, 0.15) is 5.76 Å². The lowest BCUT2D eigenvalue weighted by Crippen LogP contribution is -2.32. The molecule has 0 bridgehead atoms. The molecule has 0 spiro atoms. The van der Waals surface area contributed by atoms with E-state index in [4.69, 9.17) is 10.2 Å². The zero-order valence-electron chi connectivity index (χ0n) is 8.40. The minimum atomic E-state index is -0.164. The van der Waals surface area contributed by atoms with Crippen molar-refractivity contribution in [3.63, 3.8) is 0 Å². The van der Waals surface area contributed by atoms with E-state index in [1.165, 1.54) is 0 Å². The number of rotatable bonds is 3. The third-order valence-corrected chi connectivity index (χ3v) is 2.43. The largest absolute Gasteiger partial charge is 0.455 e. The Morgan fingerprint density at radius 2 is 2.20 bits per heavy atom. The lowest BCUT2D eigenvalue weighted by molar-refractivity contribution is 0.0909. The third kappa shape index (κ3) is 2.27. The van der Waals surface area contributed by atoms with Crippen molar-refractivity contribution in [3.05, 3.63) is 35.8 Å². The Bertz CT molecular complexity index is 374. The summed E-state index contributed by atoms with van der Waals surface area (Å²) in [7, 11) is 0. The van der Waals surface area contributed by atoms with Gasteiger partial charge in [-0.2, -0.15) is 0 Å². The molecule has 1 aromatic heterocycles. The molecule has 80 valence electrons. The predicted molar refractivity (Wildman–Crippen MR) is 56.2 cm³/mol.